The standard InChI is InChI=1S/C17H20FNO/c1-4-20-17-11-12(2)9-10-16(17)19-13(3)14-7-5-6-8-15(14)18/h5-11,13,19H,4H2,1-3H3. The van der Waals surface area contributed by atoms with E-state index in [-0.39, 0.29) is 11.9 Å². The molecule has 0 aromatic heterocycles. The van der Waals surface area contributed by atoms with Gasteiger partial charge in [0, 0.05) is 5.56 Å². The van der Waals surface area contributed by atoms with Gasteiger partial charge in [-0.2, -0.15) is 0 Å². The first-order valence-electron chi connectivity index (χ1n) is 6.86. The van der Waals surface area contributed by atoms with Gasteiger partial charge in [-0.25, -0.2) is 4.39 Å². The van der Waals surface area contributed by atoms with Crippen molar-refractivity contribution in [3.63, 3.8) is 0 Å². The molecule has 0 spiro atoms. The van der Waals surface area contributed by atoms with Crippen LogP contribution in [0.5, 0.6) is 5.75 Å². The highest BCUT2D eigenvalue weighted by atomic mass is 19.1. The number of anilines is 1. The molecular weight excluding hydrogens is 253 g/mol. The summed E-state index contributed by atoms with van der Waals surface area (Å²) in [7, 11) is 0. The highest BCUT2D eigenvalue weighted by Gasteiger charge is 2.12. The zero-order valence-corrected chi connectivity index (χ0v) is 12.1. The van der Waals surface area contributed by atoms with Gasteiger partial charge in [0.1, 0.15) is 11.6 Å². The van der Waals surface area contributed by atoms with Crippen LogP contribution in [0.4, 0.5) is 10.1 Å². The molecule has 20 heavy (non-hydrogen) atoms. The van der Waals surface area contributed by atoms with Crippen molar-refractivity contribution in [2.24, 2.45) is 0 Å². The summed E-state index contributed by atoms with van der Waals surface area (Å²) in [5.41, 5.74) is 2.67. The summed E-state index contributed by atoms with van der Waals surface area (Å²) in [5, 5.41) is 3.31. The van der Waals surface area contributed by atoms with Gasteiger partial charge in [-0.15, -0.1) is 0 Å². The van der Waals surface area contributed by atoms with E-state index in [0.29, 0.717) is 12.2 Å². The zero-order valence-electron chi connectivity index (χ0n) is 12.1. The second-order valence-corrected chi connectivity index (χ2v) is 4.82. The Morgan fingerprint density at radius 1 is 1.20 bits per heavy atom. The van der Waals surface area contributed by atoms with E-state index in [9.17, 15) is 4.39 Å². The molecule has 1 N–H and O–H groups in total. The summed E-state index contributed by atoms with van der Waals surface area (Å²) in [6, 6.07) is 12.7. The van der Waals surface area contributed by atoms with Crippen LogP contribution < -0.4 is 10.1 Å². The molecule has 106 valence electrons. The Balaban J connectivity index is 2.23. The minimum Gasteiger partial charge on any atom is -0.492 e. The van der Waals surface area contributed by atoms with E-state index in [4.69, 9.17) is 4.74 Å². The molecule has 1 unspecified atom stereocenters. The van der Waals surface area contributed by atoms with Gasteiger partial charge in [-0.1, -0.05) is 24.3 Å². The average molecular weight is 273 g/mol. The van der Waals surface area contributed by atoms with Crippen LogP contribution in [0, 0.1) is 12.7 Å². The summed E-state index contributed by atoms with van der Waals surface area (Å²) in [5.74, 6) is 0.605. The molecule has 2 nitrogen and oxygen atoms in total. The van der Waals surface area contributed by atoms with E-state index < -0.39 is 0 Å². The summed E-state index contributed by atoms with van der Waals surface area (Å²) in [4.78, 5) is 0. The quantitative estimate of drug-likeness (QED) is 0.852. The van der Waals surface area contributed by atoms with E-state index >= 15 is 0 Å². The molecule has 0 amide bonds. The molecule has 2 aromatic rings. The summed E-state index contributed by atoms with van der Waals surface area (Å²) in [6.07, 6.45) is 0. The summed E-state index contributed by atoms with van der Waals surface area (Å²) in [6.45, 7) is 6.51. The Morgan fingerprint density at radius 2 is 1.95 bits per heavy atom. The molecular formula is C17H20FNO. The van der Waals surface area contributed by atoms with Crippen LogP contribution in [0.2, 0.25) is 0 Å². The van der Waals surface area contributed by atoms with Crippen LogP contribution in [0.1, 0.15) is 31.0 Å². The predicted octanol–water partition coefficient (Wildman–Crippen LogP) is 4.71. The molecule has 0 heterocycles. The number of ether oxygens (including phenoxy) is 1. The maximum absolute atomic E-state index is 13.8. The first-order valence-corrected chi connectivity index (χ1v) is 6.86. The van der Waals surface area contributed by atoms with Crippen molar-refractivity contribution < 1.29 is 9.13 Å². The average Bonchev–Trinajstić information content (AvgIpc) is 2.42. The third-order valence-corrected chi connectivity index (χ3v) is 3.18. The molecule has 0 aliphatic carbocycles. The fourth-order valence-electron chi connectivity index (χ4n) is 2.16. The molecule has 3 heteroatoms. The van der Waals surface area contributed by atoms with Crippen molar-refractivity contribution in [2.45, 2.75) is 26.8 Å². The fourth-order valence-corrected chi connectivity index (χ4v) is 2.16. The summed E-state index contributed by atoms with van der Waals surface area (Å²) >= 11 is 0. The van der Waals surface area contributed by atoms with E-state index in [1.54, 1.807) is 12.1 Å². The van der Waals surface area contributed by atoms with E-state index in [1.807, 2.05) is 45.0 Å². The number of aryl methyl sites for hydroxylation is 1. The number of halogens is 1. The van der Waals surface area contributed by atoms with Crippen molar-refractivity contribution in [1.82, 2.24) is 0 Å². The molecule has 0 saturated carbocycles. The normalized spacial score (nSPS) is 12.0. The van der Waals surface area contributed by atoms with Crippen molar-refractivity contribution in [1.29, 1.82) is 0 Å². The Kier molecular flexibility index (Phi) is 4.61. The van der Waals surface area contributed by atoms with Gasteiger partial charge in [-0.3, -0.25) is 0 Å². The van der Waals surface area contributed by atoms with Crippen LogP contribution in [0.3, 0.4) is 0 Å². The molecule has 0 aliphatic rings. The van der Waals surface area contributed by atoms with Crippen LogP contribution in [-0.4, -0.2) is 6.61 Å². The van der Waals surface area contributed by atoms with Gasteiger partial charge in [-0.05, 0) is 44.5 Å². The predicted molar refractivity (Wildman–Crippen MR) is 80.8 cm³/mol. The largest absolute Gasteiger partial charge is 0.492 e. The van der Waals surface area contributed by atoms with Gasteiger partial charge < -0.3 is 10.1 Å². The molecule has 0 bridgehead atoms. The molecule has 0 radical (unpaired) electrons. The second-order valence-electron chi connectivity index (χ2n) is 4.82. The first kappa shape index (κ1) is 14.4. The number of benzene rings is 2. The molecule has 1 atom stereocenters. The number of hydrogen-bond donors (Lipinski definition) is 1. The van der Waals surface area contributed by atoms with Crippen molar-refractivity contribution >= 4 is 5.69 Å². The summed E-state index contributed by atoms with van der Waals surface area (Å²) < 4.78 is 19.4. The molecule has 0 aliphatic heterocycles. The molecule has 0 saturated heterocycles. The van der Waals surface area contributed by atoms with Crippen molar-refractivity contribution in [3.05, 3.63) is 59.4 Å². The SMILES string of the molecule is CCOc1cc(C)ccc1NC(C)c1ccccc1F. The monoisotopic (exact) mass is 273 g/mol. The van der Waals surface area contributed by atoms with Crippen LogP contribution in [0.15, 0.2) is 42.5 Å². The van der Waals surface area contributed by atoms with Crippen LogP contribution >= 0.6 is 0 Å². The third-order valence-electron chi connectivity index (χ3n) is 3.18. The Hall–Kier alpha value is -2.03. The van der Waals surface area contributed by atoms with Gasteiger partial charge >= 0.3 is 0 Å². The Bertz CT molecular complexity index is 583. The van der Waals surface area contributed by atoms with E-state index in [2.05, 4.69) is 5.32 Å². The lowest BCUT2D eigenvalue weighted by Crippen LogP contribution is -2.10. The number of rotatable bonds is 5. The van der Waals surface area contributed by atoms with Crippen LogP contribution in [-0.2, 0) is 0 Å². The molecule has 2 aromatic carbocycles. The third kappa shape index (κ3) is 3.29. The van der Waals surface area contributed by atoms with Gasteiger partial charge in [0.15, 0.2) is 0 Å². The smallest absolute Gasteiger partial charge is 0.142 e. The Labute approximate surface area is 119 Å². The van der Waals surface area contributed by atoms with Crippen molar-refractivity contribution in [2.75, 3.05) is 11.9 Å². The molecule has 0 fully saturated rings. The Morgan fingerprint density at radius 3 is 2.65 bits per heavy atom. The van der Waals surface area contributed by atoms with Gasteiger partial charge in [0.05, 0.1) is 18.3 Å². The zero-order chi connectivity index (χ0) is 14.5. The lowest BCUT2D eigenvalue weighted by molar-refractivity contribution is 0.341. The number of nitrogens with one attached hydrogen (secondary N) is 1. The first-order chi connectivity index (χ1) is 9.61. The van der Waals surface area contributed by atoms with E-state index in [1.165, 1.54) is 6.07 Å². The lowest BCUT2D eigenvalue weighted by atomic mass is 10.1. The fraction of sp³-hybridized carbons (Fsp3) is 0.294. The van der Waals surface area contributed by atoms with Gasteiger partial charge in [0.25, 0.3) is 0 Å². The minimum atomic E-state index is -0.197. The van der Waals surface area contributed by atoms with Crippen LogP contribution in [0.25, 0.3) is 0 Å². The lowest BCUT2D eigenvalue weighted by Gasteiger charge is -2.19. The number of hydrogen-bond acceptors (Lipinski definition) is 2. The highest BCUT2D eigenvalue weighted by Crippen LogP contribution is 2.30. The second kappa shape index (κ2) is 6.42. The van der Waals surface area contributed by atoms with Gasteiger partial charge in [0.2, 0.25) is 0 Å². The van der Waals surface area contributed by atoms with E-state index in [0.717, 1.165) is 17.0 Å². The maximum atomic E-state index is 13.8. The maximum Gasteiger partial charge on any atom is 0.142 e. The topological polar surface area (TPSA) is 21.3 Å². The minimum absolute atomic E-state index is 0.127. The van der Waals surface area contributed by atoms with Crippen molar-refractivity contribution in [3.8, 4) is 5.75 Å². The molecule has 2 rings (SSSR count). The highest BCUT2D eigenvalue weighted by molar-refractivity contribution is 5.58.